The van der Waals surface area contributed by atoms with E-state index in [2.05, 4.69) is 5.32 Å². The van der Waals surface area contributed by atoms with Crippen molar-refractivity contribution in [3.63, 3.8) is 0 Å². The fraction of sp³-hybridized carbons (Fsp3) is 0.385. The molecule has 0 saturated carbocycles. The second-order valence-corrected chi connectivity index (χ2v) is 3.95. The number of carbonyl (C=O) groups excluding carboxylic acids is 2. The van der Waals surface area contributed by atoms with Crippen molar-refractivity contribution in [3.05, 3.63) is 23.8 Å². The van der Waals surface area contributed by atoms with Crippen LogP contribution in [0.1, 0.15) is 12.5 Å². The normalized spacial score (nSPS) is 9.90. The number of nitrogens with one attached hydrogen (secondary N) is 2. The molecule has 110 valence electrons. The van der Waals surface area contributed by atoms with E-state index in [1.165, 1.54) is 0 Å². The molecule has 0 fully saturated rings. The molecule has 0 aliphatic carbocycles. The lowest BCUT2D eigenvalue weighted by atomic mass is 10.2. The van der Waals surface area contributed by atoms with Crippen molar-refractivity contribution in [3.8, 4) is 11.5 Å². The first-order valence-corrected chi connectivity index (χ1v) is 6.19. The van der Waals surface area contributed by atoms with Crippen molar-refractivity contribution >= 4 is 11.9 Å². The average Bonchev–Trinajstić information content (AvgIpc) is 2.38. The van der Waals surface area contributed by atoms with Gasteiger partial charge in [0.2, 0.25) is 0 Å². The maximum absolute atomic E-state index is 11.3. The zero-order chi connectivity index (χ0) is 15.0. The number of urea groups is 1. The molecule has 0 saturated heterocycles. The van der Waals surface area contributed by atoms with E-state index in [1.807, 2.05) is 31.4 Å². The van der Waals surface area contributed by atoms with Crippen LogP contribution in [0, 0.1) is 0 Å². The molecule has 0 unspecified atom stereocenters. The first-order chi connectivity index (χ1) is 9.56. The zero-order valence-corrected chi connectivity index (χ0v) is 11.6. The van der Waals surface area contributed by atoms with Crippen LogP contribution in [0.3, 0.4) is 0 Å². The SMILES string of the molecule is CCOc1cc(CNC)ccc1OCC(=O)NC(N)=O. The minimum absolute atomic E-state index is 0.311. The van der Waals surface area contributed by atoms with Gasteiger partial charge >= 0.3 is 6.03 Å². The van der Waals surface area contributed by atoms with Crippen LogP contribution in [0.15, 0.2) is 18.2 Å². The summed E-state index contributed by atoms with van der Waals surface area (Å²) >= 11 is 0. The molecule has 0 bridgehead atoms. The lowest BCUT2D eigenvalue weighted by molar-refractivity contribution is -0.121. The Morgan fingerprint density at radius 3 is 2.60 bits per heavy atom. The highest BCUT2D eigenvalue weighted by Gasteiger charge is 2.10. The average molecular weight is 281 g/mol. The minimum Gasteiger partial charge on any atom is -0.490 e. The fourth-order valence-corrected chi connectivity index (χ4v) is 1.57. The predicted molar refractivity (Wildman–Crippen MR) is 73.6 cm³/mol. The summed E-state index contributed by atoms with van der Waals surface area (Å²) in [5.74, 6) is 0.373. The molecule has 1 rings (SSSR count). The molecule has 4 N–H and O–H groups in total. The van der Waals surface area contributed by atoms with Crippen molar-refractivity contribution in [1.29, 1.82) is 0 Å². The molecule has 3 amide bonds. The third-order valence-electron chi connectivity index (χ3n) is 2.31. The highest BCUT2D eigenvalue weighted by Crippen LogP contribution is 2.28. The van der Waals surface area contributed by atoms with Gasteiger partial charge in [0.15, 0.2) is 18.1 Å². The Kier molecular flexibility index (Phi) is 6.31. The molecule has 0 heterocycles. The van der Waals surface area contributed by atoms with Crippen molar-refractivity contribution < 1.29 is 19.1 Å². The van der Waals surface area contributed by atoms with Crippen LogP contribution < -0.4 is 25.8 Å². The van der Waals surface area contributed by atoms with E-state index in [4.69, 9.17) is 15.2 Å². The van der Waals surface area contributed by atoms with Gasteiger partial charge in [-0.15, -0.1) is 0 Å². The summed E-state index contributed by atoms with van der Waals surface area (Å²) in [6, 6.07) is 4.50. The number of nitrogens with two attached hydrogens (primary N) is 1. The predicted octanol–water partition coefficient (Wildman–Crippen LogP) is 0.378. The smallest absolute Gasteiger partial charge is 0.318 e. The molecule has 0 radical (unpaired) electrons. The minimum atomic E-state index is -0.909. The van der Waals surface area contributed by atoms with Crippen molar-refractivity contribution in [1.82, 2.24) is 10.6 Å². The van der Waals surface area contributed by atoms with E-state index in [9.17, 15) is 9.59 Å². The Hall–Kier alpha value is -2.28. The van der Waals surface area contributed by atoms with Gasteiger partial charge in [0, 0.05) is 6.54 Å². The van der Waals surface area contributed by atoms with Gasteiger partial charge in [0.25, 0.3) is 5.91 Å². The van der Waals surface area contributed by atoms with E-state index >= 15 is 0 Å². The number of primary amides is 1. The molecule has 0 aliphatic heterocycles. The molecule has 0 aliphatic rings. The lowest BCUT2D eigenvalue weighted by Crippen LogP contribution is -2.38. The molecule has 1 aromatic carbocycles. The van der Waals surface area contributed by atoms with Crippen LogP contribution in [0.4, 0.5) is 4.79 Å². The summed E-state index contributed by atoms with van der Waals surface area (Å²) in [5, 5.41) is 4.95. The lowest BCUT2D eigenvalue weighted by Gasteiger charge is -2.13. The van der Waals surface area contributed by atoms with Gasteiger partial charge in [-0.3, -0.25) is 10.1 Å². The Labute approximate surface area is 117 Å². The van der Waals surface area contributed by atoms with Crippen molar-refractivity contribution in [2.75, 3.05) is 20.3 Å². The number of rotatable bonds is 7. The third kappa shape index (κ3) is 5.15. The topological polar surface area (TPSA) is 103 Å². The number of carbonyl (C=O) groups is 2. The maximum atomic E-state index is 11.3. The largest absolute Gasteiger partial charge is 0.490 e. The summed E-state index contributed by atoms with van der Waals surface area (Å²) in [6.45, 7) is 2.72. The van der Waals surface area contributed by atoms with Gasteiger partial charge in [0.1, 0.15) is 0 Å². The van der Waals surface area contributed by atoms with Gasteiger partial charge in [-0.05, 0) is 31.7 Å². The standard InChI is InChI=1S/C13H19N3O4/c1-3-19-11-6-9(7-15-2)4-5-10(11)20-8-12(17)16-13(14)18/h4-6,15H,3,7-8H2,1-2H3,(H3,14,16,17,18). The molecule has 0 aromatic heterocycles. The summed E-state index contributed by atoms with van der Waals surface area (Å²) in [6.07, 6.45) is 0. The fourth-order valence-electron chi connectivity index (χ4n) is 1.57. The molecule has 1 aromatic rings. The number of hydrogen-bond donors (Lipinski definition) is 3. The number of benzene rings is 1. The van der Waals surface area contributed by atoms with Crippen molar-refractivity contribution in [2.45, 2.75) is 13.5 Å². The van der Waals surface area contributed by atoms with E-state index in [0.29, 0.717) is 24.7 Å². The zero-order valence-electron chi connectivity index (χ0n) is 11.6. The first-order valence-electron chi connectivity index (χ1n) is 6.19. The highest BCUT2D eigenvalue weighted by atomic mass is 16.5. The van der Waals surface area contributed by atoms with Gasteiger partial charge in [-0.25, -0.2) is 4.79 Å². The van der Waals surface area contributed by atoms with E-state index in [0.717, 1.165) is 5.56 Å². The quantitative estimate of drug-likeness (QED) is 0.670. The van der Waals surface area contributed by atoms with E-state index in [1.54, 1.807) is 6.07 Å². The van der Waals surface area contributed by atoms with E-state index < -0.39 is 11.9 Å². The number of amides is 3. The summed E-state index contributed by atoms with van der Waals surface area (Å²) in [5.41, 5.74) is 5.87. The molecule has 0 atom stereocenters. The van der Waals surface area contributed by atoms with Gasteiger partial charge < -0.3 is 20.5 Å². The summed E-state index contributed by atoms with van der Waals surface area (Å²) in [4.78, 5) is 21.8. The molecule has 7 heteroatoms. The Morgan fingerprint density at radius 2 is 2.00 bits per heavy atom. The number of ether oxygens (including phenoxy) is 2. The van der Waals surface area contributed by atoms with E-state index in [-0.39, 0.29) is 6.61 Å². The second-order valence-electron chi connectivity index (χ2n) is 3.95. The number of imide groups is 1. The van der Waals surface area contributed by atoms with Gasteiger partial charge in [0.05, 0.1) is 6.61 Å². The Bertz CT molecular complexity index is 477. The maximum Gasteiger partial charge on any atom is 0.318 e. The highest BCUT2D eigenvalue weighted by molar-refractivity contribution is 5.94. The van der Waals surface area contributed by atoms with Crippen LogP contribution in [0.25, 0.3) is 0 Å². The van der Waals surface area contributed by atoms with Crippen molar-refractivity contribution in [2.24, 2.45) is 5.73 Å². The monoisotopic (exact) mass is 281 g/mol. The summed E-state index contributed by atoms with van der Waals surface area (Å²) in [7, 11) is 1.85. The summed E-state index contributed by atoms with van der Waals surface area (Å²) < 4.78 is 10.8. The molecular weight excluding hydrogens is 262 g/mol. The molecular formula is C13H19N3O4. The van der Waals surface area contributed by atoms with Crippen LogP contribution in [-0.4, -0.2) is 32.2 Å². The van der Waals surface area contributed by atoms with Crippen LogP contribution >= 0.6 is 0 Å². The second kappa shape index (κ2) is 8.00. The van der Waals surface area contributed by atoms with Gasteiger partial charge in [-0.1, -0.05) is 6.07 Å². The molecule has 0 spiro atoms. The van der Waals surface area contributed by atoms with Gasteiger partial charge in [-0.2, -0.15) is 0 Å². The van der Waals surface area contributed by atoms with Crippen LogP contribution in [-0.2, 0) is 11.3 Å². The Balaban J connectivity index is 2.72. The third-order valence-corrected chi connectivity index (χ3v) is 2.31. The first kappa shape index (κ1) is 15.8. The number of hydrogen-bond acceptors (Lipinski definition) is 5. The van der Waals surface area contributed by atoms with Crippen LogP contribution in [0.2, 0.25) is 0 Å². The van der Waals surface area contributed by atoms with Crippen LogP contribution in [0.5, 0.6) is 11.5 Å². The Morgan fingerprint density at radius 1 is 1.25 bits per heavy atom. The molecule has 7 nitrogen and oxygen atoms in total. The molecule has 20 heavy (non-hydrogen) atoms.